The molecule has 0 bridgehead atoms. The molecule has 2 aromatic heterocycles. The maximum atomic E-state index is 12.8. The largest absolute Gasteiger partial charge is 0.338 e. The molecular formula is C19H25ClN4O2. The summed E-state index contributed by atoms with van der Waals surface area (Å²) in [6, 6.07) is 4.19. The lowest BCUT2D eigenvalue weighted by atomic mass is 10.0. The standard InChI is InChI=1S/C19H24N4O2.ClH/c1-13-2-5-17-21-11-16(19(25)23(17)12-13)18(24)22-8-6-15(7-9-22)20-10-14-3-4-14;/h2,5,11-12,14-15,20H,3-4,6-10H2,1H3;1H. The Morgan fingerprint density at radius 2 is 1.96 bits per heavy atom. The third-order valence-corrected chi connectivity index (χ3v) is 5.25. The Labute approximate surface area is 159 Å². The van der Waals surface area contributed by atoms with Gasteiger partial charge in [0.15, 0.2) is 0 Å². The number of halogens is 1. The van der Waals surface area contributed by atoms with Crippen molar-refractivity contribution in [2.45, 2.75) is 38.6 Å². The van der Waals surface area contributed by atoms with Crippen LogP contribution in [0.3, 0.4) is 0 Å². The van der Waals surface area contributed by atoms with Gasteiger partial charge in [-0.1, -0.05) is 6.07 Å². The van der Waals surface area contributed by atoms with Crippen LogP contribution in [-0.2, 0) is 0 Å². The number of hydrogen-bond donors (Lipinski definition) is 1. The minimum atomic E-state index is -0.285. The zero-order chi connectivity index (χ0) is 17.4. The second kappa shape index (κ2) is 7.76. The zero-order valence-corrected chi connectivity index (χ0v) is 15.8. The summed E-state index contributed by atoms with van der Waals surface area (Å²) in [5, 5.41) is 3.61. The zero-order valence-electron chi connectivity index (χ0n) is 15.0. The van der Waals surface area contributed by atoms with Gasteiger partial charge in [-0.05, 0) is 56.7 Å². The molecule has 1 aliphatic heterocycles. The van der Waals surface area contributed by atoms with Gasteiger partial charge in [-0.2, -0.15) is 0 Å². The summed E-state index contributed by atoms with van der Waals surface area (Å²) in [7, 11) is 0. The quantitative estimate of drug-likeness (QED) is 0.886. The van der Waals surface area contributed by atoms with E-state index in [0.29, 0.717) is 24.8 Å². The minimum Gasteiger partial charge on any atom is -0.338 e. The Hall–Kier alpha value is -1.92. The molecule has 4 rings (SSSR count). The van der Waals surface area contributed by atoms with Gasteiger partial charge < -0.3 is 10.2 Å². The molecule has 2 aromatic rings. The van der Waals surface area contributed by atoms with Crippen molar-refractivity contribution >= 4 is 24.0 Å². The van der Waals surface area contributed by atoms with Gasteiger partial charge in [0.05, 0.1) is 0 Å². The van der Waals surface area contributed by atoms with Gasteiger partial charge in [-0.3, -0.25) is 14.0 Å². The van der Waals surface area contributed by atoms with Crippen LogP contribution in [0.2, 0.25) is 0 Å². The third kappa shape index (κ3) is 3.91. The van der Waals surface area contributed by atoms with Gasteiger partial charge in [-0.15, -0.1) is 12.4 Å². The van der Waals surface area contributed by atoms with Crippen molar-refractivity contribution in [2.24, 2.45) is 5.92 Å². The second-order valence-corrected chi connectivity index (χ2v) is 7.33. The molecule has 0 unspecified atom stereocenters. The van der Waals surface area contributed by atoms with Crippen molar-refractivity contribution in [3.05, 3.63) is 46.0 Å². The molecule has 1 saturated heterocycles. The smallest absolute Gasteiger partial charge is 0.270 e. The van der Waals surface area contributed by atoms with Crippen molar-refractivity contribution in [2.75, 3.05) is 19.6 Å². The molecule has 1 saturated carbocycles. The number of carbonyl (C=O) groups excluding carboxylic acids is 1. The van der Waals surface area contributed by atoms with Crippen molar-refractivity contribution in [1.29, 1.82) is 0 Å². The van der Waals surface area contributed by atoms with E-state index < -0.39 is 0 Å². The summed E-state index contributed by atoms with van der Waals surface area (Å²) in [4.78, 5) is 31.5. The fraction of sp³-hybridized carbons (Fsp3) is 0.526. The Morgan fingerprint density at radius 1 is 1.23 bits per heavy atom. The van der Waals surface area contributed by atoms with E-state index in [1.807, 2.05) is 13.0 Å². The van der Waals surface area contributed by atoms with Crippen LogP contribution in [0.4, 0.5) is 0 Å². The normalized spacial score (nSPS) is 18.0. The van der Waals surface area contributed by atoms with Crippen LogP contribution < -0.4 is 10.9 Å². The van der Waals surface area contributed by atoms with Crippen molar-refractivity contribution in [3.63, 3.8) is 0 Å². The molecule has 140 valence electrons. The summed E-state index contributed by atoms with van der Waals surface area (Å²) in [6.07, 6.45) is 7.74. The molecule has 0 aromatic carbocycles. The van der Waals surface area contributed by atoms with Crippen LogP contribution in [0, 0.1) is 12.8 Å². The number of aryl methyl sites for hydroxylation is 1. The molecule has 3 heterocycles. The molecule has 2 aliphatic rings. The number of hydrogen-bond acceptors (Lipinski definition) is 4. The van der Waals surface area contributed by atoms with Crippen LogP contribution in [0.1, 0.15) is 41.6 Å². The maximum Gasteiger partial charge on any atom is 0.270 e. The number of rotatable bonds is 4. The lowest BCUT2D eigenvalue weighted by Gasteiger charge is -2.32. The van der Waals surface area contributed by atoms with Gasteiger partial charge >= 0.3 is 0 Å². The number of piperidine rings is 1. The second-order valence-electron chi connectivity index (χ2n) is 7.33. The number of nitrogens with zero attached hydrogens (tertiary/aromatic N) is 3. The minimum absolute atomic E-state index is 0. The molecule has 1 amide bonds. The highest BCUT2D eigenvalue weighted by molar-refractivity contribution is 5.93. The Morgan fingerprint density at radius 3 is 2.65 bits per heavy atom. The van der Waals surface area contributed by atoms with Crippen LogP contribution in [0.5, 0.6) is 0 Å². The van der Waals surface area contributed by atoms with E-state index in [4.69, 9.17) is 0 Å². The van der Waals surface area contributed by atoms with Crippen LogP contribution in [0.15, 0.2) is 29.3 Å². The highest BCUT2D eigenvalue weighted by atomic mass is 35.5. The Kier molecular flexibility index (Phi) is 5.63. The molecule has 7 heteroatoms. The molecule has 26 heavy (non-hydrogen) atoms. The molecule has 1 N–H and O–H groups in total. The molecule has 1 aliphatic carbocycles. The van der Waals surface area contributed by atoms with E-state index >= 15 is 0 Å². The van der Waals surface area contributed by atoms with Crippen LogP contribution in [0.25, 0.3) is 5.65 Å². The van der Waals surface area contributed by atoms with Gasteiger partial charge in [0.1, 0.15) is 11.2 Å². The van der Waals surface area contributed by atoms with Gasteiger partial charge in [-0.25, -0.2) is 4.98 Å². The summed E-state index contributed by atoms with van der Waals surface area (Å²) in [5.74, 6) is 0.667. The third-order valence-electron chi connectivity index (χ3n) is 5.25. The first kappa shape index (κ1) is 18.9. The maximum absolute atomic E-state index is 12.8. The first-order valence-corrected chi connectivity index (χ1v) is 9.12. The number of amides is 1. The topological polar surface area (TPSA) is 66.7 Å². The summed E-state index contributed by atoms with van der Waals surface area (Å²) < 4.78 is 1.46. The van der Waals surface area contributed by atoms with Crippen molar-refractivity contribution < 1.29 is 4.79 Å². The molecular weight excluding hydrogens is 352 g/mol. The summed E-state index contributed by atoms with van der Waals surface area (Å²) in [6.45, 7) is 4.40. The number of fused-ring (bicyclic) bond motifs is 1. The molecule has 6 nitrogen and oxygen atoms in total. The van der Waals surface area contributed by atoms with Gasteiger partial charge in [0, 0.05) is 31.5 Å². The van der Waals surface area contributed by atoms with Gasteiger partial charge in [0.2, 0.25) is 0 Å². The van der Waals surface area contributed by atoms with E-state index in [1.165, 1.54) is 23.4 Å². The number of pyridine rings is 1. The predicted octanol–water partition coefficient (Wildman–Crippen LogP) is 2.03. The summed E-state index contributed by atoms with van der Waals surface area (Å²) >= 11 is 0. The molecule has 2 fully saturated rings. The number of carbonyl (C=O) groups is 1. The number of nitrogens with one attached hydrogen (secondary N) is 1. The Balaban J connectivity index is 0.00000196. The van der Waals surface area contributed by atoms with Crippen molar-refractivity contribution in [3.8, 4) is 0 Å². The SMILES string of the molecule is Cc1ccc2ncc(C(=O)N3CCC(NCC4CC4)CC3)c(=O)n2c1.Cl. The van der Waals surface area contributed by atoms with E-state index in [-0.39, 0.29) is 29.4 Å². The van der Waals surface area contributed by atoms with E-state index in [9.17, 15) is 9.59 Å². The average Bonchev–Trinajstić information content (AvgIpc) is 3.45. The first-order chi connectivity index (χ1) is 12.1. The fourth-order valence-corrected chi connectivity index (χ4v) is 3.44. The molecule has 0 atom stereocenters. The fourth-order valence-electron chi connectivity index (χ4n) is 3.44. The van der Waals surface area contributed by atoms with Crippen molar-refractivity contribution in [1.82, 2.24) is 19.6 Å². The van der Waals surface area contributed by atoms with E-state index in [0.717, 1.165) is 30.9 Å². The number of likely N-dealkylation sites (tertiary alicyclic amines) is 1. The lowest BCUT2D eigenvalue weighted by molar-refractivity contribution is 0.0702. The highest BCUT2D eigenvalue weighted by Gasteiger charge is 2.27. The highest BCUT2D eigenvalue weighted by Crippen LogP contribution is 2.28. The first-order valence-electron chi connectivity index (χ1n) is 9.12. The summed E-state index contributed by atoms with van der Waals surface area (Å²) in [5.41, 5.74) is 1.40. The monoisotopic (exact) mass is 376 g/mol. The van der Waals surface area contributed by atoms with Gasteiger partial charge in [0.25, 0.3) is 11.5 Å². The van der Waals surface area contributed by atoms with E-state index in [2.05, 4.69) is 10.3 Å². The average molecular weight is 377 g/mol. The number of aromatic nitrogens is 2. The van der Waals surface area contributed by atoms with Crippen LogP contribution in [-0.4, -0.2) is 45.9 Å². The van der Waals surface area contributed by atoms with Crippen LogP contribution >= 0.6 is 12.4 Å². The molecule has 0 spiro atoms. The molecule has 0 radical (unpaired) electrons. The van der Waals surface area contributed by atoms with E-state index in [1.54, 1.807) is 17.2 Å². The lowest BCUT2D eigenvalue weighted by Crippen LogP contribution is -2.46. The predicted molar refractivity (Wildman–Crippen MR) is 103 cm³/mol. The Bertz CT molecular complexity index is 854.